The minimum Gasteiger partial charge on any atom is -0.486 e. The summed E-state index contributed by atoms with van der Waals surface area (Å²) in [5.74, 6) is 0.335. The van der Waals surface area contributed by atoms with Gasteiger partial charge in [0.2, 0.25) is 0 Å². The third-order valence-electron chi connectivity index (χ3n) is 5.63. The molecule has 0 spiro atoms. The molecule has 1 aromatic carbocycles. The van der Waals surface area contributed by atoms with Gasteiger partial charge >= 0.3 is 6.18 Å². The molecule has 9 nitrogen and oxygen atoms in total. The lowest BCUT2D eigenvalue weighted by Crippen LogP contribution is -2.25. The highest BCUT2D eigenvalue weighted by Gasteiger charge is 2.41. The number of alkyl halides is 3. The van der Waals surface area contributed by atoms with Gasteiger partial charge in [0.25, 0.3) is 11.6 Å². The van der Waals surface area contributed by atoms with Crippen LogP contribution < -0.4 is 10.1 Å². The van der Waals surface area contributed by atoms with Gasteiger partial charge in [0.05, 0.1) is 15.6 Å². The smallest absolute Gasteiger partial charge is 0.436 e. The Hall–Kier alpha value is -3.54. The number of benzene rings is 1. The molecule has 2 aromatic heterocycles. The van der Waals surface area contributed by atoms with Gasteiger partial charge in [0.15, 0.2) is 11.5 Å². The fraction of sp³-hybridized carbons (Fsp3) is 0.391. The largest absolute Gasteiger partial charge is 0.486 e. The van der Waals surface area contributed by atoms with Crippen LogP contribution in [0.15, 0.2) is 34.7 Å². The molecule has 0 radical (unpaired) electrons. The fourth-order valence-corrected chi connectivity index (χ4v) is 4.12. The molecule has 4 rings (SSSR count). The lowest BCUT2D eigenvalue weighted by Gasteiger charge is -2.08. The van der Waals surface area contributed by atoms with Crippen LogP contribution in [0.4, 0.5) is 18.9 Å². The van der Waals surface area contributed by atoms with Gasteiger partial charge < -0.3 is 14.5 Å². The summed E-state index contributed by atoms with van der Waals surface area (Å²) >= 11 is 5.96. The van der Waals surface area contributed by atoms with Crippen molar-refractivity contribution in [3.63, 3.8) is 0 Å². The van der Waals surface area contributed by atoms with Gasteiger partial charge in [-0.1, -0.05) is 11.6 Å². The molecule has 1 aliphatic rings. The minimum atomic E-state index is -4.63. The first-order valence-corrected chi connectivity index (χ1v) is 11.5. The van der Waals surface area contributed by atoms with Crippen LogP contribution in [0.5, 0.6) is 5.75 Å². The van der Waals surface area contributed by atoms with Crippen LogP contribution in [0.25, 0.3) is 0 Å². The number of amides is 1. The van der Waals surface area contributed by atoms with E-state index in [1.54, 1.807) is 13.0 Å². The van der Waals surface area contributed by atoms with Gasteiger partial charge in [-0.25, -0.2) is 0 Å². The molecule has 1 fully saturated rings. The Morgan fingerprint density at radius 2 is 2.08 bits per heavy atom. The third kappa shape index (κ3) is 5.81. The Labute approximate surface area is 208 Å². The highest BCUT2D eigenvalue weighted by atomic mass is 35.5. The molecule has 0 bridgehead atoms. The van der Waals surface area contributed by atoms with E-state index in [2.05, 4.69) is 10.4 Å². The van der Waals surface area contributed by atoms with E-state index in [1.165, 1.54) is 28.9 Å². The summed E-state index contributed by atoms with van der Waals surface area (Å²) in [6, 6.07) is 7.40. The van der Waals surface area contributed by atoms with E-state index in [0.29, 0.717) is 29.2 Å². The monoisotopic (exact) mass is 526 g/mol. The van der Waals surface area contributed by atoms with Crippen LogP contribution in [0.2, 0.25) is 5.02 Å². The number of carbonyl (C=O) groups is 1. The molecule has 2 heterocycles. The van der Waals surface area contributed by atoms with Gasteiger partial charge in [-0.15, -0.1) is 0 Å². The number of carbonyl (C=O) groups excluding carboxylic acids is 1. The predicted octanol–water partition coefficient (Wildman–Crippen LogP) is 5.64. The van der Waals surface area contributed by atoms with E-state index in [-0.39, 0.29) is 42.1 Å². The van der Waals surface area contributed by atoms with Crippen molar-refractivity contribution < 1.29 is 32.0 Å². The molecule has 1 amide bonds. The standard InChI is InChI=1S/C23H22ClF3N4O5/c1-13-11-15(5-7-17(13)31(33)34)35-12-16-6-8-18(36-16)22(32)28-9-2-10-30-20(14-3-4-14)19(24)21(29-30)23(25,26)27/h5-8,11,14H,2-4,9-10,12H2,1H3,(H,28,32). The first-order valence-electron chi connectivity index (χ1n) is 11.1. The van der Waals surface area contributed by atoms with Gasteiger partial charge in [-0.05, 0) is 50.5 Å². The van der Waals surface area contributed by atoms with Crippen molar-refractivity contribution in [3.8, 4) is 5.75 Å². The second kappa shape index (κ2) is 10.2. The summed E-state index contributed by atoms with van der Waals surface area (Å²) in [7, 11) is 0. The summed E-state index contributed by atoms with van der Waals surface area (Å²) in [6.45, 7) is 1.98. The predicted molar refractivity (Wildman–Crippen MR) is 122 cm³/mol. The van der Waals surface area contributed by atoms with Crippen LogP contribution in [0.3, 0.4) is 0 Å². The molecule has 192 valence electrons. The average molecular weight is 527 g/mol. The molecule has 1 aliphatic carbocycles. The Balaban J connectivity index is 1.27. The molecule has 0 unspecified atom stereocenters. The van der Waals surface area contributed by atoms with Crippen LogP contribution in [0, 0.1) is 17.0 Å². The van der Waals surface area contributed by atoms with Crippen molar-refractivity contribution in [3.05, 3.63) is 73.9 Å². The minimum absolute atomic E-state index is 0.00999. The number of halogens is 4. The lowest BCUT2D eigenvalue weighted by molar-refractivity contribution is -0.385. The van der Waals surface area contributed by atoms with Crippen molar-refractivity contribution in [2.75, 3.05) is 6.54 Å². The number of hydrogen-bond acceptors (Lipinski definition) is 6. The Morgan fingerprint density at radius 3 is 2.72 bits per heavy atom. The van der Waals surface area contributed by atoms with Crippen molar-refractivity contribution in [1.82, 2.24) is 15.1 Å². The molecule has 1 N–H and O–H groups in total. The van der Waals surface area contributed by atoms with Crippen molar-refractivity contribution in [2.45, 2.75) is 51.4 Å². The molecule has 36 heavy (non-hydrogen) atoms. The van der Waals surface area contributed by atoms with Gasteiger partial charge in [0.1, 0.15) is 18.1 Å². The van der Waals surface area contributed by atoms with Gasteiger partial charge in [-0.3, -0.25) is 19.6 Å². The number of nitro benzene ring substituents is 1. The first-order chi connectivity index (χ1) is 17.0. The van der Waals surface area contributed by atoms with Gasteiger partial charge in [-0.2, -0.15) is 18.3 Å². The molecule has 0 atom stereocenters. The molecule has 13 heteroatoms. The number of nitrogens with one attached hydrogen (secondary N) is 1. The quantitative estimate of drug-likeness (QED) is 0.208. The van der Waals surface area contributed by atoms with Crippen molar-refractivity contribution in [2.24, 2.45) is 0 Å². The topological polar surface area (TPSA) is 112 Å². The van der Waals surface area contributed by atoms with Crippen LogP contribution in [0.1, 0.15) is 58.4 Å². The van der Waals surface area contributed by atoms with Crippen LogP contribution in [-0.2, 0) is 19.3 Å². The molecule has 0 aliphatic heterocycles. The SMILES string of the molecule is Cc1cc(OCc2ccc(C(=O)NCCCn3nc(C(F)(F)F)c(Cl)c3C3CC3)o2)ccc1[N+](=O)[O-]. The maximum absolute atomic E-state index is 13.2. The summed E-state index contributed by atoms with van der Waals surface area (Å²) in [6.07, 6.45) is -2.74. The number of hydrogen-bond donors (Lipinski definition) is 1. The average Bonchev–Trinajstić information content (AvgIpc) is 3.41. The van der Waals surface area contributed by atoms with Crippen LogP contribution >= 0.6 is 11.6 Å². The normalized spacial score (nSPS) is 13.6. The zero-order chi connectivity index (χ0) is 26.0. The highest BCUT2D eigenvalue weighted by Crippen LogP contribution is 2.46. The number of aromatic nitrogens is 2. The molecule has 1 saturated carbocycles. The second-order valence-electron chi connectivity index (χ2n) is 8.41. The maximum Gasteiger partial charge on any atom is 0.436 e. The van der Waals surface area contributed by atoms with E-state index in [0.717, 1.165) is 12.8 Å². The number of nitrogens with zero attached hydrogens (tertiary/aromatic N) is 3. The van der Waals surface area contributed by atoms with Gasteiger partial charge in [0, 0.05) is 30.6 Å². The van der Waals surface area contributed by atoms with E-state index in [9.17, 15) is 28.1 Å². The summed E-state index contributed by atoms with van der Waals surface area (Å²) in [5.41, 5.74) is -0.244. The third-order valence-corrected chi connectivity index (χ3v) is 6.00. The maximum atomic E-state index is 13.2. The molecular weight excluding hydrogens is 505 g/mol. The molecular formula is C23H22ClF3N4O5. The lowest BCUT2D eigenvalue weighted by atomic mass is 10.2. The van der Waals surface area contributed by atoms with Crippen molar-refractivity contribution in [1.29, 1.82) is 0 Å². The molecule has 0 saturated heterocycles. The van der Waals surface area contributed by atoms with Crippen LogP contribution in [-0.4, -0.2) is 27.2 Å². The Morgan fingerprint density at radius 1 is 1.33 bits per heavy atom. The van der Waals surface area contributed by atoms with E-state index in [4.69, 9.17) is 20.8 Å². The number of rotatable bonds is 10. The zero-order valence-corrected chi connectivity index (χ0v) is 19.9. The zero-order valence-electron chi connectivity index (χ0n) is 19.1. The Kier molecular flexibility index (Phi) is 7.25. The van der Waals surface area contributed by atoms with E-state index >= 15 is 0 Å². The summed E-state index contributed by atoms with van der Waals surface area (Å²) < 4.78 is 51.8. The Bertz CT molecular complexity index is 1280. The number of nitro groups is 1. The number of aryl methyl sites for hydroxylation is 2. The summed E-state index contributed by atoms with van der Waals surface area (Å²) in [5, 5.41) is 16.9. The number of ether oxygens (including phenoxy) is 1. The highest BCUT2D eigenvalue weighted by molar-refractivity contribution is 6.32. The van der Waals surface area contributed by atoms with Crippen molar-refractivity contribution >= 4 is 23.2 Å². The van der Waals surface area contributed by atoms with E-state index in [1.807, 2.05) is 0 Å². The summed E-state index contributed by atoms with van der Waals surface area (Å²) in [4.78, 5) is 22.8. The second-order valence-corrected chi connectivity index (χ2v) is 8.79. The molecule has 3 aromatic rings. The van der Waals surface area contributed by atoms with E-state index < -0.39 is 22.7 Å². The number of furan rings is 1. The first kappa shape index (κ1) is 25.5. The fourth-order valence-electron chi connectivity index (χ4n) is 3.72.